The summed E-state index contributed by atoms with van der Waals surface area (Å²) in [6, 6.07) is 82.9. The van der Waals surface area contributed by atoms with Gasteiger partial charge < -0.3 is 9.47 Å². The molecule has 0 saturated heterocycles. The van der Waals surface area contributed by atoms with Crippen LogP contribution in [-0.4, -0.2) is 4.57 Å². The standard InChI is InChI=1S/C54H38N2/c1-4-12-39(13-5-1)41-20-22-42(23-21-41)44-26-33-49(34-27-44)55(48-31-24-43(25-32-48)40-14-6-2-7-15-40)50-35-28-45(29-36-50)46-30-37-54-52(38-46)51-18-10-11-19-53(51)56(54)47-16-8-3-9-17-47/h1-38H. The second-order valence-corrected chi connectivity index (χ2v) is 14.2. The van der Waals surface area contributed by atoms with Crippen molar-refractivity contribution in [2.24, 2.45) is 0 Å². The minimum Gasteiger partial charge on any atom is -0.311 e. The lowest BCUT2D eigenvalue weighted by molar-refractivity contribution is 1.18. The molecule has 0 N–H and O–H groups in total. The molecule has 2 nitrogen and oxygen atoms in total. The van der Waals surface area contributed by atoms with Crippen LogP contribution in [0.4, 0.5) is 17.1 Å². The third kappa shape index (κ3) is 6.24. The zero-order valence-electron chi connectivity index (χ0n) is 30.8. The van der Waals surface area contributed by atoms with Crippen LogP contribution in [-0.2, 0) is 0 Å². The molecule has 2 heteroatoms. The molecule has 0 aliphatic heterocycles. The van der Waals surface area contributed by atoms with E-state index in [1.165, 1.54) is 72.0 Å². The molecule has 0 unspecified atom stereocenters. The summed E-state index contributed by atoms with van der Waals surface area (Å²) in [5.41, 5.74) is 16.5. The second-order valence-electron chi connectivity index (χ2n) is 14.2. The Bertz CT molecular complexity index is 2890. The Hall–Kier alpha value is -7.42. The Morgan fingerprint density at radius 2 is 0.589 bits per heavy atom. The minimum absolute atomic E-state index is 1.10. The van der Waals surface area contributed by atoms with Crippen molar-refractivity contribution < 1.29 is 0 Å². The van der Waals surface area contributed by atoms with E-state index in [9.17, 15) is 0 Å². The topological polar surface area (TPSA) is 8.17 Å². The lowest BCUT2D eigenvalue weighted by Gasteiger charge is -2.26. The van der Waals surface area contributed by atoms with E-state index in [2.05, 4.69) is 240 Å². The van der Waals surface area contributed by atoms with Crippen LogP contribution in [0, 0.1) is 0 Å². The number of benzene rings is 9. The van der Waals surface area contributed by atoms with Gasteiger partial charge >= 0.3 is 0 Å². The zero-order valence-corrected chi connectivity index (χ0v) is 30.8. The van der Waals surface area contributed by atoms with Gasteiger partial charge in [-0.2, -0.15) is 0 Å². The van der Waals surface area contributed by atoms with E-state index in [0.717, 1.165) is 17.1 Å². The number of hydrogen-bond acceptors (Lipinski definition) is 1. The molecule has 9 aromatic carbocycles. The van der Waals surface area contributed by atoms with E-state index in [0.29, 0.717) is 0 Å². The molecule has 56 heavy (non-hydrogen) atoms. The molecule has 0 radical (unpaired) electrons. The maximum Gasteiger partial charge on any atom is 0.0541 e. The number of rotatable bonds is 8. The molecule has 0 fully saturated rings. The summed E-state index contributed by atoms with van der Waals surface area (Å²) in [4.78, 5) is 2.34. The van der Waals surface area contributed by atoms with Gasteiger partial charge in [0.15, 0.2) is 0 Å². The summed E-state index contributed by atoms with van der Waals surface area (Å²) >= 11 is 0. The fourth-order valence-electron chi connectivity index (χ4n) is 7.98. The number of fused-ring (bicyclic) bond motifs is 3. The van der Waals surface area contributed by atoms with Crippen LogP contribution in [0.15, 0.2) is 231 Å². The first-order valence-corrected chi connectivity index (χ1v) is 19.2. The maximum absolute atomic E-state index is 2.36. The first-order chi connectivity index (χ1) is 27.8. The molecule has 10 rings (SSSR count). The van der Waals surface area contributed by atoms with Crippen LogP contribution in [0.25, 0.3) is 72.0 Å². The van der Waals surface area contributed by atoms with Crippen LogP contribution >= 0.6 is 0 Å². The molecule has 1 aromatic heterocycles. The van der Waals surface area contributed by atoms with Crippen molar-refractivity contribution in [1.82, 2.24) is 4.57 Å². The van der Waals surface area contributed by atoms with Gasteiger partial charge in [-0.25, -0.2) is 0 Å². The van der Waals surface area contributed by atoms with Gasteiger partial charge in [-0.15, -0.1) is 0 Å². The Morgan fingerprint density at radius 1 is 0.250 bits per heavy atom. The van der Waals surface area contributed by atoms with Crippen molar-refractivity contribution in [1.29, 1.82) is 0 Å². The van der Waals surface area contributed by atoms with Gasteiger partial charge in [-0.05, 0) is 111 Å². The molecule has 0 aliphatic carbocycles. The summed E-state index contributed by atoms with van der Waals surface area (Å²) < 4.78 is 2.36. The number of para-hydroxylation sites is 2. The molecule has 0 atom stereocenters. The zero-order chi connectivity index (χ0) is 37.3. The van der Waals surface area contributed by atoms with Gasteiger partial charge in [0.05, 0.1) is 11.0 Å². The summed E-state index contributed by atoms with van der Waals surface area (Å²) in [6.45, 7) is 0. The first-order valence-electron chi connectivity index (χ1n) is 19.2. The van der Waals surface area contributed by atoms with Crippen LogP contribution < -0.4 is 4.90 Å². The van der Waals surface area contributed by atoms with E-state index in [1.54, 1.807) is 0 Å². The number of nitrogens with zero attached hydrogens (tertiary/aromatic N) is 2. The van der Waals surface area contributed by atoms with Gasteiger partial charge in [0.1, 0.15) is 0 Å². The predicted molar refractivity (Wildman–Crippen MR) is 237 cm³/mol. The van der Waals surface area contributed by atoms with Crippen LogP contribution in [0.1, 0.15) is 0 Å². The Balaban J connectivity index is 1.00. The van der Waals surface area contributed by atoms with E-state index < -0.39 is 0 Å². The highest BCUT2D eigenvalue weighted by Gasteiger charge is 2.16. The lowest BCUT2D eigenvalue weighted by atomic mass is 10.00. The van der Waals surface area contributed by atoms with Crippen molar-refractivity contribution in [3.05, 3.63) is 231 Å². The summed E-state index contributed by atoms with van der Waals surface area (Å²) in [6.07, 6.45) is 0. The summed E-state index contributed by atoms with van der Waals surface area (Å²) in [7, 11) is 0. The highest BCUT2D eigenvalue weighted by Crippen LogP contribution is 2.39. The monoisotopic (exact) mass is 714 g/mol. The van der Waals surface area contributed by atoms with Gasteiger partial charge in [-0.3, -0.25) is 0 Å². The molecular weight excluding hydrogens is 677 g/mol. The van der Waals surface area contributed by atoms with Crippen molar-refractivity contribution in [3.63, 3.8) is 0 Å². The highest BCUT2D eigenvalue weighted by molar-refractivity contribution is 6.10. The lowest BCUT2D eigenvalue weighted by Crippen LogP contribution is -2.09. The van der Waals surface area contributed by atoms with Crippen molar-refractivity contribution in [3.8, 4) is 50.2 Å². The average molecular weight is 715 g/mol. The van der Waals surface area contributed by atoms with Crippen LogP contribution in [0.3, 0.4) is 0 Å². The third-order valence-electron chi connectivity index (χ3n) is 10.8. The van der Waals surface area contributed by atoms with Gasteiger partial charge in [-0.1, -0.05) is 164 Å². The maximum atomic E-state index is 2.36. The molecule has 1 heterocycles. The normalized spacial score (nSPS) is 11.2. The predicted octanol–water partition coefficient (Wildman–Crippen LogP) is 14.9. The molecule has 0 saturated carbocycles. The Labute approximate surface area is 327 Å². The van der Waals surface area contributed by atoms with E-state index >= 15 is 0 Å². The largest absolute Gasteiger partial charge is 0.311 e. The molecular formula is C54H38N2. The molecule has 0 amide bonds. The molecule has 0 bridgehead atoms. The average Bonchev–Trinajstić information content (AvgIpc) is 3.62. The van der Waals surface area contributed by atoms with Crippen LogP contribution in [0.2, 0.25) is 0 Å². The van der Waals surface area contributed by atoms with Crippen molar-refractivity contribution >= 4 is 38.9 Å². The molecule has 264 valence electrons. The van der Waals surface area contributed by atoms with Crippen LogP contribution in [0.5, 0.6) is 0 Å². The molecule has 0 aliphatic rings. The van der Waals surface area contributed by atoms with Gasteiger partial charge in [0.25, 0.3) is 0 Å². The fraction of sp³-hybridized carbons (Fsp3) is 0. The van der Waals surface area contributed by atoms with Crippen molar-refractivity contribution in [2.75, 3.05) is 4.90 Å². The van der Waals surface area contributed by atoms with E-state index in [-0.39, 0.29) is 0 Å². The number of aromatic nitrogens is 1. The van der Waals surface area contributed by atoms with Crippen molar-refractivity contribution in [2.45, 2.75) is 0 Å². The number of anilines is 3. The quantitative estimate of drug-likeness (QED) is 0.152. The first kappa shape index (κ1) is 33.2. The van der Waals surface area contributed by atoms with E-state index in [1.807, 2.05) is 0 Å². The fourth-order valence-corrected chi connectivity index (χ4v) is 7.98. The second kappa shape index (κ2) is 14.4. The smallest absolute Gasteiger partial charge is 0.0541 e. The molecule has 0 spiro atoms. The van der Waals surface area contributed by atoms with E-state index in [4.69, 9.17) is 0 Å². The minimum atomic E-state index is 1.10. The third-order valence-corrected chi connectivity index (χ3v) is 10.8. The Kier molecular flexibility index (Phi) is 8.55. The Morgan fingerprint density at radius 3 is 1.07 bits per heavy atom. The highest BCUT2D eigenvalue weighted by atomic mass is 15.1. The van der Waals surface area contributed by atoms with Gasteiger partial charge in [0, 0.05) is 33.5 Å². The summed E-state index contributed by atoms with van der Waals surface area (Å²) in [5.74, 6) is 0. The summed E-state index contributed by atoms with van der Waals surface area (Å²) in [5, 5.41) is 2.51. The van der Waals surface area contributed by atoms with Gasteiger partial charge in [0.2, 0.25) is 0 Å². The SMILES string of the molecule is c1ccc(-c2ccc(-c3ccc(N(c4ccc(-c5ccccc5)cc4)c4ccc(-c5ccc6c(c5)c5ccccc5n6-c5ccccc5)cc4)cc3)cc2)cc1. The molecule has 10 aromatic rings. The number of hydrogen-bond donors (Lipinski definition) is 0.